The zero-order valence-electron chi connectivity index (χ0n) is 16.5. The Kier molecular flexibility index (Phi) is 6.80. The lowest BCUT2D eigenvalue weighted by atomic mass is 9.93. The Morgan fingerprint density at radius 2 is 1.96 bits per heavy atom. The molecule has 2 aromatic rings. The first-order valence-corrected chi connectivity index (χ1v) is 10.4. The summed E-state index contributed by atoms with van der Waals surface area (Å²) in [7, 11) is 0. The van der Waals surface area contributed by atoms with Crippen LogP contribution < -0.4 is 10.6 Å². The van der Waals surface area contributed by atoms with Crippen LogP contribution in [0.1, 0.15) is 58.2 Å². The van der Waals surface area contributed by atoms with E-state index in [1.54, 1.807) is 6.92 Å². The number of ether oxygens (including phenoxy) is 1. The summed E-state index contributed by atoms with van der Waals surface area (Å²) < 4.78 is 6.29. The van der Waals surface area contributed by atoms with Crippen LogP contribution in [0.3, 0.4) is 0 Å². The molecule has 0 aliphatic carbocycles. The van der Waals surface area contributed by atoms with E-state index in [0.29, 0.717) is 17.8 Å². The molecule has 3 atom stereocenters. The average molecular weight is 402 g/mol. The molecule has 1 aromatic carbocycles. The van der Waals surface area contributed by atoms with Crippen molar-refractivity contribution in [3.8, 4) is 0 Å². The number of rotatable bonds is 6. The Bertz CT molecular complexity index is 822. The summed E-state index contributed by atoms with van der Waals surface area (Å²) in [4.78, 5) is 28.9. The number of carbonyl (C=O) groups is 2. The highest BCUT2D eigenvalue weighted by molar-refractivity contribution is 7.13. The third kappa shape index (κ3) is 5.39. The fraction of sp³-hybridized carbons (Fsp3) is 0.476. The molecule has 1 saturated heterocycles. The van der Waals surface area contributed by atoms with Gasteiger partial charge < -0.3 is 15.4 Å². The van der Waals surface area contributed by atoms with Crippen molar-refractivity contribution in [2.45, 2.75) is 58.3 Å². The quantitative estimate of drug-likeness (QED) is 0.778. The minimum absolute atomic E-state index is 0.0261. The lowest BCUT2D eigenvalue weighted by Crippen LogP contribution is -2.43. The van der Waals surface area contributed by atoms with E-state index in [4.69, 9.17) is 4.74 Å². The molecule has 7 heteroatoms. The molecule has 1 fully saturated rings. The number of benzene rings is 1. The fourth-order valence-electron chi connectivity index (χ4n) is 3.66. The summed E-state index contributed by atoms with van der Waals surface area (Å²) in [5.41, 5.74) is 1.88. The maximum Gasteiger partial charge on any atom is 0.263 e. The largest absolute Gasteiger partial charge is 0.370 e. The van der Waals surface area contributed by atoms with Crippen molar-refractivity contribution >= 4 is 23.2 Å². The summed E-state index contributed by atoms with van der Waals surface area (Å²) >= 11 is 1.41. The van der Waals surface area contributed by atoms with E-state index in [-0.39, 0.29) is 30.1 Å². The van der Waals surface area contributed by atoms with E-state index in [0.717, 1.165) is 29.1 Å². The van der Waals surface area contributed by atoms with Gasteiger partial charge in [-0.1, -0.05) is 30.3 Å². The predicted molar refractivity (Wildman–Crippen MR) is 109 cm³/mol. The summed E-state index contributed by atoms with van der Waals surface area (Å²) in [5, 5.41) is 6.90. The maximum atomic E-state index is 12.4. The maximum absolute atomic E-state index is 12.4. The zero-order valence-corrected chi connectivity index (χ0v) is 17.3. The summed E-state index contributed by atoms with van der Waals surface area (Å²) in [6.07, 6.45) is 2.12. The van der Waals surface area contributed by atoms with Crippen LogP contribution in [0.25, 0.3) is 0 Å². The molecule has 1 aliphatic rings. The van der Waals surface area contributed by atoms with Gasteiger partial charge in [-0.05, 0) is 38.7 Å². The Morgan fingerprint density at radius 1 is 1.21 bits per heavy atom. The third-order valence-electron chi connectivity index (χ3n) is 4.84. The summed E-state index contributed by atoms with van der Waals surface area (Å²) in [6.45, 7) is 5.82. The Morgan fingerprint density at radius 3 is 2.61 bits per heavy atom. The number of amides is 2. The standard InChI is InChI=1S/C21H27N3O3S/c1-13-20(28-15(3)23-13)21(26)22-10-9-18-11-17(24-14(2)25)12-19(27-18)16-7-5-4-6-8-16/h4-8,17-19H,9-12H2,1-3H3,(H,22,26)(H,24,25)/t17-,18+,19+/m0/s1. The number of nitrogens with one attached hydrogen (secondary N) is 2. The molecule has 2 N–H and O–H groups in total. The summed E-state index contributed by atoms with van der Waals surface area (Å²) in [6, 6.07) is 10.1. The van der Waals surface area contributed by atoms with Crippen LogP contribution in [0.5, 0.6) is 0 Å². The second-order valence-corrected chi connectivity index (χ2v) is 8.42. The van der Waals surface area contributed by atoms with Crippen LogP contribution in [0.2, 0.25) is 0 Å². The highest BCUT2D eigenvalue weighted by atomic mass is 32.1. The predicted octanol–water partition coefficient (Wildman–Crippen LogP) is 3.30. The van der Waals surface area contributed by atoms with Gasteiger partial charge in [-0.15, -0.1) is 11.3 Å². The molecule has 0 bridgehead atoms. The van der Waals surface area contributed by atoms with E-state index in [9.17, 15) is 9.59 Å². The number of aryl methyl sites for hydroxylation is 2. The van der Waals surface area contributed by atoms with E-state index in [1.165, 1.54) is 11.3 Å². The van der Waals surface area contributed by atoms with Gasteiger partial charge in [0.15, 0.2) is 0 Å². The molecular weight excluding hydrogens is 374 g/mol. The number of nitrogens with zero attached hydrogens (tertiary/aromatic N) is 1. The van der Waals surface area contributed by atoms with Crippen molar-refractivity contribution < 1.29 is 14.3 Å². The Labute approximate surface area is 169 Å². The van der Waals surface area contributed by atoms with Gasteiger partial charge in [-0.3, -0.25) is 9.59 Å². The van der Waals surface area contributed by atoms with Crippen molar-refractivity contribution in [1.82, 2.24) is 15.6 Å². The second kappa shape index (κ2) is 9.30. The minimum Gasteiger partial charge on any atom is -0.370 e. The average Bonchev–Trinajstić information content (AvgIpc) is 3.00. The van der Waals surface area contributed by atoms with Crippen molar-refractivity contribution in [3.63, 3.8) is 0 Å². The molecular formula is C21H27N3O3S. The lowest BCUT2D eigenvalue weighted by molar-refractivity contribution is -0.122. The van der Waals surface area contributed by atoms with Gasteiger partial charge in [0, 0.05) is 19.5 Å². The molecule has 28 heavy (non-hydrogen) atoms. The SMILES string of the molecule is CC(=O)N[C@H]1C[C@@H](CCNC(=O)c2sc(C)nc2C)O[C@@H](c2ccccc2)C1. The van der Waals surface area contributed by atoms with Gasteiger partial charge in [0.05, 0.1) is 22.9 Å². The molecule has 150 valence electrons. The molecule has 6 nitrogen and oxygen atoms in total. The first-order valence-electron chi connectivity index (χ1n) is 9.62. The van der Waals surface area contributed by atoms with Gasteiger partial charge in [0.2, 0.25) is 5.91 Å². The number of thiazole rings is 1. The van der Waals surface area contributed by atoms with Crippen LogP contribution in [0.4, 0.5) is 0 Å². The van der Waals surface area contributed by atoms with E-state index in [2.05, 4.69) is 27.8 Å². The molecule has 3 rings (SSSR count). The minimum atomic E-state index is -0.0862. The monoisotopic (exact) mass is 401 g/mol. The van der Waals surface area contributed by atoms with E-state index < -0.39 is 0 Å². The number of hydrogen-bond acceptors (Lipinski definition) is 5. The van der Waals surface area contributed by atoms with Crippen LogP contribution in [-0.2, 0) is 9.53 Å². The van der Waals surface area contributed by atoms with Crippen LogP contribution in [0, 0.1) is 13.8 Å². The van der Waals surface area contributed by atoms with Crippen LogP contribution in [0.15, 0.2) is 30.3 Å². The highest BCUT2D eigenvalue weighted by Gasteiger charge is 2.30. The van der Waals surface area contributed by atoms with E-state index in [1.807, 2.05) is 32.0 Å². The smallest absolute Gasteiger partial charge is 0.263 e. The number of hydrogen-bond donors (Lipinski definition) is 2. The fourth-order valence-corrected chi connectivity index (χ4v) is 4.49. The second-order valence-electron chi connectivity index (χ2n) is 7.22. The van der Waals surface area contributed by atoms with Crippen molar-refractivity contribution in [3.05, 3.63) is 51.5 Å². The van der Waals surface area contributed by atoms with Crippen molar-refractivity contribution in [2.75, 3.05) is 6.54 Å². The third-order valence-corrected chi connectivity index (χ3v) is 5.91. The molecule has 0 unspecified atom stereocenters. The van der Waals surface area contributed by atoms with E-state index >= 15 is 0 Å². The van der Waals surface area contributed by atoms with Gasteiger partial charge in [-0.2, -0.15) is 0 Å². The summed E-state index contributed by atoms with van der Waals surface area (Å²) in [5.74, 6) is -0.112. The number of aromatic nitrogens is 1. The highest BCUT2D eigenvalue weighted by Crippen LogP contribution is 2.32. The molecule has 0 spiro atoms. The lowest BCUT2D eigenvalue weighted by Gasteiger charge is -2.36. The molecule has 1 aromatic heterocycles. The van der Waals surface area contributed by atoms with Gasteiger partial charge in [0.25, 0.3) is 5.91 Å². The normalized spacial score (nSPS) is 21.9. The molecule has 1 aliphatic heterocycles. The van der Waals surface area contributed by atoms with Gasteiger partial charge >= 0.3 is 0 Å². The van der Waals surface area contributed by atoms with Gasteiger partial charge in [-0.25, -0.2) is 4.98 Å². The molecule has 2 amide bonds. The zero-order chi connectivity index (χ0) is 20.1. The molecule has 2 heterocycles. The van der Waals surface area contributed by atoms with Crippen molar-refractivity contribution in [1.29, 1.82) is 0 Å². The molecule has 0 saturated carbocycles. The van der Waals surface area contributed by atoms with Crippen molar-refractivity contribution in [2.24, 2.45) is 0 Å². The Hall–Kier alpha value is -2.25. The van der Waals surface area contributed by atoms with Crippen LogP contribution in [-0.4, -0.2) is 35.5 Å². The first kappa shape index (κ1) is 20.5. The topological polar surface area (TPSA) is 80.3 Å². The number of carbonyl (C=O) groups excluding carboxylic acids is 2. The van der Waals surface area contributed by atoms with Crippen LogP contribution >= 0.6 is 11.3 Å². The Balaban J connectivity index is 1.59. The van der Waals surface area contributed by atoms with Gasteiger partial charge in [0.1, 0.15) is 4.88 Å². The first-order chi connectivity index (χ1) is 13.4. The molecule has 0 radical (unpaired) electrons.